The zero-order valence-corrected chi connectivity index (χ0v) is 15.5. The molecule has 0 bridgehead atoms. The number of aliphatic hydroxyl groups is 1. The quantitative estimate of drug-likeness (QED) is 0.325. The van der Waals surface area contributed by atoms with E-state index in [1.165, 1.54) is 0 Å². The number of aryl methyl sites for hydroxylation is 1. The van der Waals surface area contributed by atoms with E-state index >= 15 is 0 Å². The number of phenols is 1. The van der Waals surface area contributed by atoms with Crippen molar-refractivity contribution in [3.63, 3.8) is 0 Å². The van der Waals surface area contributed by atoms with Gasteiger partial charge in [0.25, 0.3) is 0 Å². The predicted molar refractivity (Wildman–Crippen MR) is 93.2 cm³/mol. The number of nitrogens with one attached hydrogen (secondary N) is 1. The van der Waals surface area contributed by atoms with Crippen LogP contribution in [0.2, 0.25) is 12.6 Å². The van der Waals surface area contributed by atoms with Gasteiger partial charge in [-0.1, -0.05) is 12.1 Å². The monoisotopic (exact) mass is 343 g/mol. The van der Waals surface area contributed by atoms with Gasteiger partial charge in [0, 0.05) is 27.4 Å². The Morgan fingerprint density at radius 2 is 1.96 bits per heavy atom. The molecule has 0 saturated heterocycles. The number of anilines is 1. The summed E-state index contributed by atoms with van der Waals surface area (Å²) >= 11 is 0. The summed E-state index contributed by atoms with van der Waals surface area (Å²) in [6, 6.07) is 6.15. The van der Waals surface area contributed by atoms with Gasteiger partial charge in [-0.05, 0) is 37.6 Å². The SMILES string of the molecule is CO[Si](C)(CCCOC[C@@H](O)CNc1c(C)cccc1O)OC. The first-order chi connectivity index (χ1) is 10.9. The molecule has 23 heavy (non-hydrogen) atoms. The van der Waals surface area contributed by atoms with Crippen molar-refractivity contribution in [3.05, 3.63) is 23.8 Å². The molecule has 1 aromatic rings. The highest BCUT2D eigenvalue weighted by molar-refractivity contribution is 6.65. The summed E-state index contributed by atoms with van der Waals surface area (Å²) < 4.78 is 16.3. The summed E-state index contributed by atoms with van der Waals surface area (Å²) in [4.78, 5) is 0. The van der Waals surface area contributed by atoms with E-state index < -0.39 is 14.7 Å². The highest BCUT2D eigenvalue weighted by Gasteiger charge is 2.27. The lowest BCUT2D eigenvalue weighted by molar-refractivity contribution is 0.0429. The number of benzene rings is 1. The summed E-state index contributed by atoms with van der Waals surface area (Å²) in [6.07, 6.45) is 0.200. The maximum atomic E-state index is 9.93. The third kappa shape index (κ3) is 6.88. The second kappa shape index (κ2) is 9.89. The Morgan fingerprint density at radius 1 is 1.26 bits per heavy atom. The molecule has 0 fully saturated rings. The third-order valence-electron chi connectivity index (χ3n) is 3.86. The summed E-state index contributed by atoms with van der Waals surface area (Å²) in [6.45, 7) is 5.04. The molecule has 3 N–H and O–H groups in total. The second-order valence-corrected chi connectivity index (χ2v) is 9.31. The van der Waals surface area contributed by atoms with Crippen molar-refractivity contribution >= 4 is 14.2 Å². The Kier molecular flexibility index (Phi) is 8.57. The average Bonchev–Trinajstić information content (AvgIpc) is 2.53. The lowest BCUT2D eigenvalue weighted by Gasteiger charge is -2.22. The number of aliphatic hydroxyl groups excluding tert-OH is 1. The third-order valence-corrected chi connectivity index (χ3v) is 6.85. The van der Waals surface area contributed by atoms with Gasteiger partial charge in [0.15, 0.2) is 0 Å². The summed E-state index contributed by atoms with van der Waals surface area (Å²) in [5.41, 5.74) is 1.58. The Labute approximate surface area is 139 Å². The van der Waals surface area contributed by atoms with E-state index in [0.717, 1.165) is 18.0 Å². The molecule has 1 rings (SSSR count). The Morgan fingerprint density at radius 3 is 2.57 bits per heavy atom. The molecular weight excluding hydrogens is 314 g/mol. The number of ether oxygens (including phenoxy) is 1. The van der Waals surface area contributed by atoms with Gasteiger partial charge in [-0.15, -0.1) is 0 Å². The standard InChI is InChI=1S/C16H29NO5Si/c1-13-7-5-8-15(19)16(13)17-11-14(18)12-22-9-6-10-23(4,20-2)21-3/h5,7-8,14,17-19H,6,9-12H2,1-4H3/t14-/m0/s1. The molecule has 0 aliphatic carbocycles. The highest BCUT2D eigenvalue weighted by atomic mass is 28.4. The van der Waals surface area contributed by atoms with Crippen molar-refractivity contribution < 1.29 is 23.8 Å². The van der Waals surface area contributed by atoms with E-state index in [9.17, 15) is 10.2 Å². The zero-order chi connectivity index (χ0) is 17.3. The van der Waals surface area contributed by atoms with Crippen LogP contribution in [0.5, 0.6) is 5.75 Å². The van der Waals surface area contributed by atoms with Crippen LogP contribution in [-0.2, 0) is 13.6 Å². The lowest BCUT2D eigenvalue weighted by atomic mass is 10.2. The zero-order valence-electron chi connectivity index (χ0n) is 14.5. The van der Waals surface area contributed by atoms with Gasteiger partial charge in [-0.3, -0.25) is 0 Å². The predicted octanol–water partition coefficient (Wildman–Crippen LogP) is 2.24. The van der Waals surface area contributed by atoms with Crippen LogP contribution in [0.3, 0.4) is 0 Å². The van der Waals surface area contributed by atoms with Gasteiger partial charge >= 0.3 is 8.56 Å². The van der Waals surface area contributed by atoms with E-state index in [2.05, 4.69) is 5.32 Å². The van der Waals surface area contributed by atoms with Crippen LogP contribution in [0, 0.1) is 6.92 Å². The summed E-state index contributed by atoms with van der Waals surface area (Å²) in [7, 11) is 1.32. The normalized spacial score (nSPS) is 13.1. The van der Waals surface area contributed by atoms with Crippen LogP contribution >= 0.6 is 0 Å². The van der Waals surface area contributed by atoms with Gasteiger partial charge in [0.2, 0.25) is 0 Å². The number of rotatable bonds is 11. The molecule has 132 valence electrons. The van der Waals surface area contributed by atoms with Crippen LogP contribution in [0.25, 0.3) is 0 Å². The molecule has 0 heterocycles. The van der Waals surface area contributed by atoms with E-state index in [4.69, 9.17) is 13.6 Å². The van der Waals surface area contributed by atoms with Gasteiger partial charge in [-0.25, -0.2) is 0 Å². The number of para-hydroxylation sites is 1. The highest BCUT2D eigenvalue weighted by Crippen LogP contribution is 2.26. The summed E-state index contributed by atoms with van der Waals surface area (Å²) in [5, 5.41) is 22.8. The van der Waals surface area contributed by atoms with Crippen molar-refractivity contribution in [2.24, 2.45) is 0 Å². The first-order valence-electron chi connectivity index (χ1n) is 7.80. The number of phenolic OH excluding ortho intramolecular Hbond substituents is 1. The minimum Gasteiger partial charge on any atom is -0.506 e. The van der Waals surface area contributed by atoms with Crippen LogP contribution in [0.1, 0.15) is 12.0 Å². The van der Waals surface area contributed by atoms with Gasteiger partial charge in [0.05, 0.1) is 18.4 Å². The van der Waals surface area contributed by atoms with E-state index in [0.29, 0.717) is 18.8 Å². The van der Waals surface area contributed by atoms with Crippen molar-refractivity contribution in [1.82, 2.24) is 0 Å². The van der Waals surface area contributed by atoms with Gasteiger partial charge in [-0.2, -0.15) is 0 Å². The topological polar surface area (TPSA) is 80.2 Å². The summed E-state index contributed by atoms with van der Waals surface area (Å²) in [5.74, 6) is 0.182. The minimum atomic E-state index is -2.03. The molecule has 0 aliphatic rings. The smallest absolute Gasteiger partial charge is 0.334 e. The Balaban J connectivity index is 2.21. The molecule has 1 atom stereocenters. The first kappa shape index (κ1) is 19.9. The maximum Gasteiger partial charge on any atom is 0.334 e. The largest absolute Gasteiger partial charge is 0.506 e. The second-order valence-electron chi connectivity index (χ2n) is 5.72. The van der Waals surface area contributed by atoms with Crippen molar-refractivity contribution in [2.75, 3.05) is 39.3 Å². The van der Waals surface area contributed by atoms with Crippen molar-refractivity contribution in [2.45, 2.75) is 32.0 Å². The number of aromatic hydroxyl groups is 1. The van der Waals surface area contributed by atoms with Crippen LogP contribution < -0.4 is 5.32 Å². The molecule has 0 saturated carbocycles. The molecule has 0 aliphatic heterocycles. The lowest BCUT2D eigenvalue weighted by Crippen LogP contribution is -2.36. The van der Waals surface area contributed by atoms with Crippen LogP contribution in [0.4, 0.5) is 5.69 Å². The molecule has 0 spiro atoms. The fourth-order valence-corrected chi connectivity index (χ4v) is 3.52. The molecular formula is C16H29NO5Si. The maximum absolute atomic E-state index is 9.93. The van der Waals surface area contributed by atoms with E-state index in [1.807, 2.05) is 19.5 Å². The fraction of sp³-hybridized carbons (Fsp3) is 0.625. The Bertz CT molecular complexity index is 448. The molecule has 0 unspecified atom stereocenters. The van der Waals surface area contributed by atoms with E-state index in [1.54, 1.807) is 26.4 Å². The minimum absolute atomic E-state index is 0.182. The van der Waals surface area contributed by atoms with Crippen molar-refractivity contribution in [3.8, 4) is 5.75 Å². The van der Waals surface area contributed by atoms with Crippen LogP contribution in [0.15, 0.2) is 18.2 Å². The molecule has 7 heteroatoms. The molecule has 0 radical (unpaired) electrons. The number of hydrogen-bond acceptors (Lipinski definition) is 6. The molecule has 0 amide bonds. The number of hydrogen-bond donors (Lipinski definition) is 3. The first-order valence-corrected chi connectivity index (χ1v) is 10.3. The van der Waals surface area contributed by atoms with Crippen molar-refractivity contribution in [1.29, 1.82) is 0 Å². The molecule has 0 aromatic heterocycles. The van der Waals surface area contributed by atoms with Crippen LogP contribution in [-0.4, -0.2) is 58.9 Å². The average molecular weight is 343 g/mol. The van der Waals surface area contributed by atoms with Gasteiger partial charge in [0.1, 0.15) is 5.75 Å². The Hall–Kier alpha value is -1.12. The fourth-order valence-electron chi connectivity index (χ4n) is 2.16. The molecule has 1 aromatic carbocycles. The molecule has 6 nitrogen and oxygen atoms in total. The van der Waals surface area contributed by atoms with E-state index in [-0.39, 0.29) is 12.4 Å². The van der Waals surface area contributed by atoms with Gasteiger partial charge < -0.3 is 29.1 Å².